The molecule has 1 heterocycles. The third-order valence-corrected chi connectivity index (χ3v) is 7.76. The minimum absolute atomic E-state index is 0.0213. The van der Waals surface area contributed by atoms with Crippen molar-refractivity contribution in [3.63, 3.8) is 0 Å². The van der Waals surface area contributed by atoms with Crippen LogP contribution in [0.2, 0.25) is 0 Å². The molecule has 2 unspecified atom stereocenters. The number of benzene rings is 2. The predicted molar refractivity (Wildman–Crippen MR) is 152 cm³/mol. The zero-order valence-electron chi connectivity index (χ0n) is 23.2. The summed E-state index contributed by atoms with van der Waals surface area (Å²) < 4.78 is 20.3. The maximum atomic E-state index is 14.5. The molecule has 4 rings (SSSR count). The highest BCUT2D eigenvalue weighted by Crippen LogP contribution is 2.45. The van der Waals surface area contributed by atoms with Crippen LogP contribution in [-0.2, 0) is 28.0 Å². The fourth-order valence-electron chi connectivity index (χ4n) is 5.21. The lowest BCUT2D eigenvalue weighted by Gasteiger charge is -2.29. The number of fused-ring (bicyclic) bond motifs is 2. The van der Waals surface area contributed by atoms with Crippen LogP contribution >= 0.6 is 0 Å². The molecule has 2 aromatic rings. The first-order valence-electron chi connectivity index (χ1n) is 14.3. The molecule has 4 N–H and O–H groups in total. The summed E-state index contributed by atoms with van der Waals surface area (Å²) in [7, 11) is 0. The fraction of sp³-hybridized carbons (Fsp3) is 0.500. The number of carbonyl (C=O) groups is 2. The van der Waals surface area contributed by atoms with Gasteiger partial charge in [-0.3, -0.25) is 9.59 Å². The number of rotatable bonds is 7. The van der Waals surface area contributed by atoms with Crippen molar-refractivity contribution in [1.29, 1.82) is 0 Å². The van der Waals surface area contributed by atoms with Crippen LogP contribution in [0, 0.1) is 18.2 Å². The Morgan fingerprint density at radius 1 is 1.18 bits per heavy atom. The van der Waals surface area contributed by atoms with E-state index < -0.39 is 29.9 Å². The second-order valence-corrected chi connectivity index (χ2v) is 10.9. The molecule has 0 spiro atoms. The van der Waals surface area contributed by atoms with Gasteiger partial charge in [0.25, 0.3) is 0 Å². The zero-order chi connectivity index (χ0) is 28.5. The molecule has 0 saturated heterocycles. The molecule has 1 saturated carbocycles. The van der Waals surface area contributed by atoms with E-state index >= 15 is 0 Å². The van der Waals surface area contributed by atoms with Crippen molar-refractivity contribution in [2.75, 3.05) is 13.2 Å². The van der Waals surface area contributed by atoms with Gasteiger partial charge >= 0.3 is 0 Å². The number of aliphatic hydroxyl groups excluding tert-OH is 1. The van der Waals surface area contributed by atoms with Crippen molar-refractivity contribution in [1.82, 2.24) is 16.0 Å². The van der Waals surface area contributed by atoms with E-state index in [1.54, 1.807) is 6.07 Å². The van der Waals surface area contributed by atoms with Crippen molar-refractivity contribution in [3.05, 3.63) is 65.0 Å². The molecule has 0 aromatic heterocycles. The number of carbonyl (C=O) groups excluding carboxylic acids is 2. The quantitative estimate of drug-likeness (QED) is 0.396. The number of hydrogen-bond acceptors (Lipinski definition) is 5. The third kappa shape index (κ3) is 8.06. The number of terminal acetylenes is 1. The van der Waals surface area contributed by atoms with E-state index in [0.29, 0.717) is 30.8 Å². The normalized spacial score (nSPS) is 22.2. The maximum absolute atomic E-state index is 14.5. The number of nitrogens with one attached hydrogen (secondary N) is 3. The average molecular weight is 550 g/mol. The number of hydrogen-bond donors (Lipinski definition) is 4. The van der Waals surface area contributed by atoms with Gasteiger partial charge in [0.1, 0.15) is 17.6 Å². The largest absolute Gasteiger partial charge is 0.493 e. The van der Waals surface area contributed by atoms with Crippen LogP contribution in [-0.4, -0.2) is 48.3 Å². The summed E-state index contributed by atoms with van der Waals surface area (Å²) in [4.78, 5) is 25.8. The van der Waals surface area contributed by atoms with E-state index in [0.717, 1.165) is 25.7 Å². The Labute approximate surface area is 236 Å². The van der Waals surface area contributed by atoms with Crippen LogP contribution in [0.1, 0.15) is 68.6 Å². The van der Waals surface area contributed by atoms with Gasteiger partial charge < -0.3 is 25.8 Å². The number of halogens is 1. The Morgan fingerprint density at radius 3 is 2.75 bits per heavy atom. The minimum Gasteiger partial charge on any atom is -0.493 e. The molecule has 7 nitrogen and oxygen atoms in total. The highest BCUT2D eigenvalue weighted by atomic mass is 19.1. The van der Waals surface area contributed by atoms with Crippen molar-refractivity contribution in [2.24, 2.45) is 0 Å². The number of amides is 2. The highest BCUT2D eigenvalue weighted by molar-refractivity contribution is 5.88. The van der Waals surface area contributed by atoms with Gasteiger partial charge in [-0.25, -0.2) is 4.39 Å². The molecule has 2 aliphatic rings. The van der Waals surface area contributed by atoms with Crippen LogP contribution in [0.5, 0.6) is 5.75 Å². The molecule has 40 heavy (non-hydrogen) atoms. The van der Waals surface area contributed by atoms with Gasteiger partial charge in [0.15, 0.2) is 0 Å². The Bertz CT molecular complexity index is 1220. The first kappa shape index (κ1) is 29.6. The summed E-state index contributed by atoms with van der Waals surface area (Å²) in [5, 5.41) is 20.5. The van der Waals surface area contributed by atoms with Gasteiger partial charge in [-0.15, -0.1) is 12.3 Å². The number of aryl methyl sites for hydroxylation is 1. The van der Waals surface area contributed by atoms with Crippen molar-refractivity contribution >= 4 is 11.8 Å². The van der Waals surface area contributed by atoms with Gasteiger partial charge in [0.2, 0.25) is 11.8 Å². The van der Waals surface area contributed by atoms with Crippen molar-refractivity contribution in [2.45, 2.75) is 88.4 Å². The average Bonchev–Trinajstić information content (AvgIpc) is 3.73. The van der Waals surface area contributed by atoms with Gasteiger partial charge in [0.05, 0.1) is 18.8 Å². The summed E-state index contributed by atoms with van der Waals surface area (Å²) in [6.07, 6.45) is 9.89. The molecule has 3 atom stereocenters. The summed E-state index contributed by atoms with van der Waals surface area (Å²) in [6, 6.07) is 11.2. The van der Waals surface area contributed by atoms with Crippen LogP contribution in [0.4, 0.5) is 4.39 Å². The zero-order valence-corrected chi connectivity index (χ0v) is 23.2. The first-order chi connectivity index (χ1) is 19.3. The highest BCUT2D eigenvalue weighted by Gasteiger charge is 2.44. The van der Waals surface area contributed by atoms with Crippen LogP contribution in [0.3, 0.4) is 0 Å². The molecule has 214 valence electrons. The maximum Gasteiger partial charge on any atom is 0.243 e. The lowest BCUT2D eigenvalue weighted by Crippen LogP contribution is -2.55. The molecule has 1 fully saturated rings. The molecular weight excluding hydrogens is 509 g/mol. The minimum atomic E-state index is -0.996. The summed E-state index contributed by atoms with van der Waals surface area (Å²) in [5.41, 5.74) is 2.81. The number of aliphatic hydroxyl groups is 1. The molecule has 0 radical (unpaired) electrons. The third-order valence-electron chi connectivity index (χ3n) is 7.76. The van der Waals surface area contributed by atoms with Gasteiger partial charge in [-0.1, -0.05) is 31.2 Å². The summed E-state index contributed by atoms with van der Waals surface area (Å²) in [6.45, 7) is 2.73. The molecule has 2 amide bonds. The van der Waals surface area contributed by atoms with Crippen LogP contribution in [0.15, 0.2) is 42.5 Å². The second-order valence-electron chi connectivity index (χ2n) is 10.9. The molecule has 1 aliphatic heterocycles. The van der Waals surface area contributed by atoms with Crippen LogP contribution < -0.4 is 20.7 Å². The molecule has 8 heteroatoms. The molecule has 2 aromatic carbocycles. The topological polar surface area (TPSA) is 99.7 Å². The molecule has 2 bridgehead atoms. The predicted octanol–water partition coefficient (Wildman–Crippen LogP) is 3.52. The molecule has 1 aliphatic carbocycles. The van der Waals surface area contributed by atoms with E-state index in [-0.39, 0.29) is 37.3 Å². The smallest absolute Gasteiger partial charge is 0.243 e. The van der Waals surface area contributed by atoms with E-state index in [9.17, 15) is 19.1 Å². The van der Waals surface area contributed by atoms with Gasteiger partial charge in [-0.2, -0.15) is 0 Å². The van der Waals surface area contributed by atoms with Gasteiger partial charge in [-0.05, 0) is 73.8 Å². The molecular formula is C32H40FN3O4. The van der Waals surface area contributed by atoms with E-state index in [2.05, 4.69) is 53.1 Å². The lowest BCUT2D eigenvalue weighted by molar-refractivity contribution is -0.129. The van der Waals surface area contributed by atoms with E-state index in [1.807, 2.05) is 0 Å². The van der Waals surface area contributed by atoms with Crippen molar-refractivity contribution in [3.8, 4) is 18.1 Å². The summed E-state index contributed by atoms with van der Waals surface area (Å²) in [5.74, 6) is 1.68. The monoisotopic (exact) mass is 549 g/mol. The number of ether oxygens (including phenoxy) is 1. The van der Waals surface area contributed by atoms with Crippen molar-refractivity contribution < 1.29 is 23.8 Å². The summed E-state index contributed by atoms with van der Waals surface area (Å²) >= 11 is 0. The SMILES string of the molecule is C#CCC1NC(=O)CCCCCOc2cc(F)cc(c2)CC([C@H](O)CNC2(c3cccc(CC)c3)CC2)NC1=O. The Kier molecular flexibility index (Phi) is 10.2. The fourth-order valence-corrected chi connectivity index (χ4v) is 5.21. The first-order valence-corrected chi connectivity index (χ1v) is 14.3. The van der Waals surface area contributed by atoms with E-state index in [4.69, 9.17) is 11.2 Å². The standard InChI is InChI=1S/C32H40FN3O4/c1-3-9-27-31(39)36-28(29(37)21-34-32(13-14-32)24-11-8-10-22(4-2)16-24)19-23-17-25(33)20-26(18-23)40-15-7-5-6-12-30(38)35-27/h1,8,10-11,16-18,20,27-29,34,37H,4-7,9,12-15,19,21H2,2H3,(H,35,38)(H,36,39)/t27?,28?,29-/m1/s1. The Balaban J connectivity index is 1.55. The Hall–Kier alpha value is -3.41. The lowest BCUT2D eigenvalue weighted by atomic mass is 9.98. The van der Waals surface area contributed by atoms with Crippen LogP contribution in [0.25, 0.3) is 0 Å². The Morgan fingerprint density at radius 2 is 2.00 bits per heavy atom. The second kappa shape index (κ2) is 13.8. The van der Waals surface area contributed by atoms with Gasteiger partial charge in [0, 0.05) is 31.0 Å². The van der Waals surface area contributed by atoms with E-state index in [1.165, 1.54) is 23.3 Å².